The zero-order chi connectivity index (χ0) is 14.9. The number of thioether (sulfide) groups is 1. The van der Waals surface area contributed by atoms with Gasteiger partial charge < -0.3 is 0 Å². The van der Waals surface area contributed by atoms with E-state index in [4.69, 9.17) is 0 Å². The van der Waals surface area contributed by atoms with Crippen LogP contribution in [0.2, 0.25) is 0 Å². The van der Waals surface area contributed by atoms with Crippen LogP contribution in [0.4, 0.5) is 0 Å². The van der Waals surface area contributed by atoms with Crippen molar-refractivity contribution in [2.24, 2.45) is 5.10 Å². The first kappa shape index (κ1) is 15.8. The third-order valence-corrected chi connectivity index (χ3v) is 4.41. The van der Waals surface area contributed by atoms with Crippen LogP contribution in [0, 0.1) is 0 Å². The first-order valence-corrected chi connectivity index (χ1v) is 8.38. The van der Waals surface area contributed by atoms with E-state index in [1.54, 1.807) is 18.0 Å². The Morgan fingerprint density at radius 2 is 1.86 bits per heavy atom. The molecule has 3 nitrogen and oxygen atoms in total. The second-order valence-corrected chi connectivity index (χ2v) is 6.13. The summed E-state index contributed by atoms with van der Waals surface area (Å²) in [4.78, 5) is 11.7. The normalized spacial score (nSPS) is 10.7. The second-order valence-electron chi connectivity index (χ2n) is 4.29. The van der Waals surface area contributed by atoms with Crippen LogP contribution in [-0.2, 0) is 10.5 Å². The van der Waals surface area contributed by atoms with Crippen LogP contribution in [0.25, 0.3) is 0 Å². The lowest BCUT2D eigenvalue weighted by atomic mass is 10.2. The maximum Gasteiger partial charge on any atom is 0.250 e. The molecule has 0 aliphatic heterocycles. The lowest BCUT2D eigenvalue weighted by Gasteiger charge is -2.03. The van der Waals surface area contributed by atoms with E-state index in [-0.39, 0.29) is 5.91 Å². The van der Waals surface area contributed by atoms with E-state index in [0.717, 1.165) is 15.8 Å². The molecular weight excluding hydrogens is 348 g/mol. The van der Waals surface area contributed by atoms with Crippen molar-refractivity contribution in [3.63, 3.8) is 0 Å². The topological polar surface area (TPSA) is 41.5 Å². The molecule has 0 aliphatic rings. The Labute approximate surface area is 137 Å². The number of hydrogen-bond donors (Lipinski definition) is 1. The van der Waals surface area contributed by atoms with Gasteiger partial charge >= 0.3 is 0 Å². The maximum atomic E-state index is 11.7. The van der Waals surface area contributed by atoms with Crippen LogP contribution in [0.1, 0.15) is 11.1 Å². The number of amides is 1. The van der Waals surface area contributed by atoms with Crippen LogP contribution >= 0.6 is 27.7 Å². The van der Waals surface area contributed by atoms with Gasteiger partial charge in [0.2, 0.25) is 5.91 Å². The SMILES string of the molecule is O=C(CSCc1ccccc1Br)NN=Cc1ccccc1. The van der Waals surface area contributed by atoms with Crippen molar-refractivity contribution in [1.29, 1.82) is 0 Å². The molecule has 0 aliphatic carbocycles. The minimum absolute atomic E-state index is 0.0979. The molecule has 0 bridgehead atoms. The molecular formula is C16H15BrN2OS. The molecule has 0 radical (unpaired) electrons. The average molecular weight is 363 g/mol. The van der Waals surface area contributed by atoms with Crippen molar-refractivity contribution in [2.75, 3.05) is 5.75 Å². The Hall–Kier alpha value is -1.59. The lowest BCUT2D eigenvalue weighted by molar-refractivity contribution is -0.118. The average Bonchev–Trinajstić information content (AvgIpc) is 2.50. The van der Waals surface area contributed by atoms with Gasteiger partial charge in [0.05, 0.1) is 12.0 Å². The number of hydrogen-bond acceptors (Lipinski definition) is 3. The van der Waals surface area contributed by atoms with Crippen LogP contribution in [-0.4, -0.2) is 17.9 Å². The molecule has 0 aromatic heterocycles. The highest BCUT2D eigenvalue weighted by atomic mass is 79.9. The van der Waals surface area contributed by atoms with E-state index >= 15 is 0 Å². The van der Waals surface area contributed by atoms with E-state index in [2.05, 4.69) is 26.5 Å². The molecule has 0 unspecified atom stereocenters. The van der Waals surface area contributed by atoms with Crippen LogP contribution in [0.15, 0.2) is 64.2 Å². The number of nitrogens with zero attached hydrogens (tertiary/aromatic N) is 1. The molecule has 0 saturated heterocycles. The first-order chi connectivity index (χ1) is 10.3. The summed E-state index contributed by atoms with van der Waals surface area (Å²) in [6, 6.07) is 17.7. The smallest absolute Gasteiger partial charge is 0.250 e. The summed E-state index contributed by atoms with van der Waals surface area (Å²) < 4.78 is 1.07. The van der Waals surface area contributed by atoms with Crippen LogP contribution < -0.4 is 5.43 Å². The molecule has 5 heteroatoms. The Balaban J connectivity index is 1.71. The van der Waals surface area contributed by atoms with Gasteiger partial charge in [0.25, 0.3) is 0 Å². The number of halogens is 1. The van der Waals surface area contributed by atoms with E-state index in [0.29, 0.717) is 5.75 Å². The minimum atomic E-state index is -0.0979. The Kier molecular flexibility index (Phi) is 6.50. The van der Waals surface area contributed by atoms with E-state index in [9.17, 15) is 4.79 Å². The van der Waals surface area contributed by atoms with Gasteiger partial charge in [0.15, 0.2) is 0 Å². The van der Waals surface area contributed by atoms with Gasteiger partial charge in [0, 0.05) is 10.2 Å². The van der Waals surface area contributed by atoms with E-state index in [1.165, 1.54) is 5.56 Å². The third-order valence-electron chi connectivity index (χ3n) is 2.65. The second kappa shape index (κ2) is 8.64. The van der Waals surface area contributed by atoms with Crippen molar-refractivity contribution in [3.05, 3.63) is 70.2 Å². The fourth-order valence-corrected chi connectivity index (χ4v) is 3.05. The molecule has 0 fully saturated rings. The van der Waals surface area contributed by atoms with Gasteiger partial charge in [-0.3, -0.25) is 4.79 Å². The molecule has 0 heterocycles. The molecule has 2 aromatic rings. The molecule has 1 amide bonds. The summed E-state index contributed by atoms with van der Waals surface area (Å²) in [5.74, 6) is 1.07. The first-order valence-electron chi connectivity index (χ1n) is 6.44. The summed E-state index contributed by atoms with van der Waals surface area (Å²) in [5, 5.41) is 3.94. The van der Waals surface area contributed by atoms with Gasteiger partial charge in [-0.15, -0.1) is 11.8 Å². The highest BCUT2D eigenvalue weighted by Crippen LogP contribution is 2.20. The lowest BCUT2D eigenvalue weighted by Crippen LogP contribution is -2.19. The van der Waals surface area contributed by atoms with Crippen LogP contribution in [0.3, 0.4) is 0 Å². The number of carbonyl (C=O) groups is 1. The molecule has 2 aromatic carbocycles. The minimum Gasteiger partial charge on any atom is -0.272 e. The molecule has 108 valence electrons. The predicted octanol–water partition coefficient (Wildman–Crippen LogP) is 3.83. The third kappa shape index (κ3) is 5.73. The molecule has 21 heavy (non-hydrogen) atoms. The molecule has 0 atom stereocenters. The van der Waals surface area contributed by atoms with Crippen molar-refractivity contribution in [2.45, 2.75) is 5.75 Å². The highest BCUT2D eigenvalue weighted by molar-refractivity contribution is 9.10. The number of nitrogens with one attached hydrogen (secondary N) is 1. The number of hydrazone groups is 1. The molecule has 1 N–H and O–H groups in total. The van der Waals surface area contributed by atoms with Crippen molar-refractivity contribution < 1.29 is 4.79 Å². The monoisotopic (exact) mass is 362 g/mol. The fraction of sp³-hybridized carbons (Fsp3) is 0.125. The maximum absolute atomic E-state index is 11.7. The summed E-state index contributed by atoms with van der Waals surface area (Å²) in [7, 11) is 0. The van der Waals surface area contributed by atoms with Gasteiger partial charge in [-0.05, 0) is 17.2 Å². The number of rotatable bonds is 6. The zero-order valence-corrected chi connectivity index (χ0v) is 13.7. The van der Waals surface area contributed by atoms with Gasteiger partial charge in [0.1, 0.15) is 0 Å². The van der Waals surface area contributed by atoms with E-state index in [1.807, 2.05) is 54.6 Å². The van der Waals surface area contributed by atoms with Gasteiger partial charge in [-0.1, -0.05) is 64.5 Å². The summed E-state index contributed by atoms with van der Waals surface area (Å²) in [6.07, 6.45) is 1.64. The van der Waals surface area contributed by atoms with E-state index < -0.39 is 0 Å². The van der Waals surface area contributed by atoms with Crippen molar-refractivity contribution in [3.8, 4) is 0 Å². The zero-order valence-electron chi connectivity index (χ0n) is 11.3. The summed E-state index contributed by atoms with van der Waals surface area (Å²) >= 11 is 5.05. The summed E-state index contributed by atoms with van der Waals surface area (Å²) in [6.45, 7) is 0. The van der Waals surface area contributed by atoms with Crippen molar-refractivity contribution >= 4 is 39.8 Å². The Morgan fingerprint density at radius 3 is 2.62 bits per heavy atom. The van der Waals surface area contributed by atoms with Gasteiger partial charge in [-0.2, -0.15) is 5.10 Å². The van der Waals surface area contributed by atoms with Crippen molar-refractivity contribution in [1.82, 2.24) is 5.43 Å². The standard InChI is InChI=1S/C16H15BrN2OS/c17-15-9-5-4-8-14(15)11-21-12-16(20)19-18-10-13-6-2-1-3-7-13/h1-10H,11-12H2,(H,19,20). The van der Waals surface area contributed by atoms with Gasteiger partial charge in [-0.25, -0.2) is 5.43 Å². The Morgan fingerprint density at radius 1 is 1.14 bits per heavy atom. The number of carbonyl (C=O) groups excluding carboxylic acids is 1. The summed E-state index contributed by atoms with van der Waals surface area (Å²) in [5.41, 5.74) is 4.67. The molecule has 0 spiro atoms. The fourth-order valence-electron chi connectivity index (χ4n) is 1.62. The Bertz CT molecular complexity index is 617. The number of benzene rings is 2. The largest absolute Gasteiger partial charge is 0.272 e. The highest BCUT2D eigenvalue weighted by Gasteiger charge is 2.02. The molecule has 2 rings (SSSR count). The quantitative estimate of drug-likeness (QED) is 0.626. The molecule has 0 saturated carbocycles. The predicted molar refractivity (Wildman–Crippen MR) is 92.5 cm³/mol. The van der Waals surface area contributed by atoms with Crippen LogP contribution in [0.5, 0.6) is 0 Å².